The van der Waals surface area contributed by atoms with Gasteiger partial charge in [0.2, 0.25) is 5.91 Å². The number of nitrogens with zero attached hydrogens (tertiary/aromatic N) is 2. The lowest BCUT2D eigenvalue weighted by Gasteiger charge is -2.28. The molecule has 0 bridgehead atoms. The maximum atomic E-state index is 13.6. The number of carbonyl (C=O) groups excluding carboxylic acids is 2. The Hall–Kier alpha value is -3.97. The van der Waals surface area contributed by atoms with E-state index in [0.717, 1.165) is 0 Å². The highest BCUT2D eigenvalue weighted by atomic mass is 35.5. The second-order valence-corrected chi connectivity index (χ2v) is 9.13. The summed E-state index contributed by atoms with van der Waals surface area (Å²) >= 11 is 5.95. The first-order chi connectivity index (χ1) is 17.9. The number of hydrogen-bond acceptors (Lipinski definition) is 4. The molecule has 0 saturated heterocycles. The number of halogens is 2. The van der Waals surface area contributed by atoms with Crippen LogP contribution in [-0.2, 0) is 17.9 Å². The molecule has 0 aliphatic heterocycles. The van der Waals surface area contributed by atoms with E-state index >= 15 is 0 Å². The molecule has 4 rings (SSSR count). The molecule has 0 radical (unpaired) electrons. The summed E-state index contributed by atoms with van der Waals surface area (Å²) in [7, 11) is 0. The lowest BCUT2D eigenvalue weighted by atomic mass is 10.1. The third-order valence-electron chi connectivity index (χ3n) is 5.95. The van der Waals surface area contributed by atoms with Gasteiger partial charge in [-0.15, -0.1) is 0 Å². The van der Waals surface area contributed by atoms with Crippen LogP contribution in [0.3, 0.4) is 0 Å². The van der Waals surface area contributed by atoms with Crippen molar-refractivity contribution >= 4 is 34.4 Å². The molecule has 0 aliphatic rings. The van der Waals surface area contributed by atoms with Crippen molar-refractivity contribution in [2.45, 2.75) is 26.4 Å². The van der Waals surface area contributed by atoms with Crippen LogP contribution in [0.25, 0.3) is 11.0 Å². The van der Waals surface area contributed by atoms with Crippen LogP contribution in [0.5, 0.6) is 0 Å². The second-order valence-electron chi connectivity index (χ2n) is 8.70. The van der Waals surface area contributed by atoms with Gasteiger partial charge in [-0.2, -0.15) is 0 Å². The number of carbonyl (C=O) groups is 2. The van der Waals surface area contributed by atoms with Gasteiger partial charge in [0, 0.05) is 23.7 Å². The van der Waals surface area contributed by atoms with E-state index in [0.29, 0.717) is 45.6 Å². The zero-order valence-corrected chi connectivity index (χ0v) is 21.1. The Morgan fingerprint density at radius 1 is 0.919 bits per heavy atom. The first-order valence-corrected chi connectivity index (χ1v) is 12.3. The van der Waals surface area contributed by atoms with Crippen molar-refractivity contribution in [1.29, 1.82) is 0 Å². The van der Waals surface area contributed by atoms with Gasteiger partial charge < -0.3 is 14.2 Å². The molecular formula is C29H26ClFN2O4. The van der Waals surface area contributed by atoms with Gasteiger partial charge in [-0.3, -0.25) is 14.4 Å². The standard InChI is InChI=1S/C29H26ClFN2O4/c1-2-15-32(29(36)21-9-11-23(30)12-10-21)18-27(34)33(16-20-7-13-24(31)14-8-20)17-22-19-37-26-6-4-3-5-25(26)28(22)35/h3-14,19H,2,15-18H2,1H3. The Labute approximate surface area is 218 Å². The van der Waals surface area contributed by atoms with Crippen molar-refractivity contribution < 1.29 is 18.4 Å². The summed E-state index contributed by atoms with van der Waals surface area (Å²) in [6.07, 6.45) is 2.01. The van der Waals surface area contributed by atoms with E-state index in [-0.39, 0.29) is 42.7 Å². The zero-order valence-electron chi connectivity index (χ0n) is 20.3. The molecule has 3 aromatic carbocycles. The SMILES string of the molecule is CCCN(CC(=O)N(Cc1ccc(F)cc1)Cc1coc2ccccc2c1=O)C(=O)c1ccc(Cl)cc1. The van der Waals surface area contributed by atoms with Crippen LogP contribution in [0, 0.1) is 5.82 Å². The van der Waals surface area contributed by atoms with Crippen LogP contribution in [0.15, 0.2) is 88.3 Å². The fourth-order valence-electron chi connectivity index (χ4n) is 4.04. The Balaban J connectivity index is 1.62. The Morgan fingerprint density at radius 2 is 1.62 bits per heavy atom. The quantitative estimate of drug-likeness (QED) is 0.285. The van der Waals surface area contributed by atoms with E-state index in [4.69, 9.17) is 16.0 Å². The molecule has 6 nitrogen and oxygen atoms in total. The average molecular weight is 521 g/mol. The van der Waals surface area contributed by atoms with Crippen LogP contribution in [0.2, 0.25) is 5.02 Å². The summed E-state index contributed by atoms with van der Waals surface area (Å²) in [4.78, 5) is 42.8. The van der Waals surface area contributed by atoms with Crippen molar-refractivity contribution in [3.63, 3.8) is 0 Å². The number of fused-ring (bicyclic) bond motifs is 1. The molecule has 0 fully saturated rings. The Morgan fingerprint density at radius 3 is 2.32 bits per heavy atom. The van der Waals surface area contributed by atoms with Crippen LogP contribution in [-0.4, -0.2) is 34.7 Å². The largest absolute Gasteiger partial charge is 0.464 e. The predicted molar refractivity (Wildman–Crippen MR) is 141 cm³/mol. The summed E-state index contributed by atoms with van der Waals surface area (Å²) in [6, 6.07) is 19.2. The molecular weight excluding hydrogens is 495 g/mol. The molecule has 37 heavy (non-hydrogen) atoms. The molecule has 0 N–H and O–H groups in total. The van der Waals surface area contributed by atoms with Crippen LogP contribution >= 0.6 is 11.6 Å². The molecule has 1 heterocycles. The van der Waals surface area contributed by atoms with E-state index in [2.05, 4.69) is 0 Å². The second kappa shape index (κ2) is 11.8. The minimum Gasteiger partial charge on any atom is -0.464 e. The lowest BCUT2D eigenvalue weighted by molar-refractivity contribution is -0.133. The summed E-state index contributed by atoms with van der Waals surface area (Å²) in [6.45, 7) is 2.20. The van der Waals surface area contributed by atoms with E-state index in [1.165, 1.54) is 28.2 Å². The highest BCUT2D eigenvalue weighted by Crippen LogP contribution is 2.16. The van der Waals surface area contributed by atoms with Crippen molar-refractivity contribution in [1.82, 2.24) is 9.80 Å². The van der Waals surface area contributed by atoms with E-state index in [1.807, 2.05) is 6.92 Å². The number of benzene rings is 3. The first kappa shape index (κ1) is 26.1. The third-order valence-corrected chi connectivity index (χ3v) is 6.20. The smallest absolute Gasteiger partial charge is 0.254 e. The van der Waals surface area contributed by atoms with Crippen molar-refractivity contribution in [3.05, 3.63) is 117 Å². The molecule has 1 aromatic heterocycles. The van der Waals surface area contributed by atoms with Gasteiger partial charge in [0.05, 0.1) is 23.8 Å². The van der Waals surface area contributed by atoms with Crippen molar-refractivity contribution in [2.24, 2.45) is 0 Å². The predicted octanol–water partition coefficient (Wildman–Crippen LogP) is 5.67. The van der Waals surface area contributed by atoms with Crippen molar-refractivity contribution in [3.8, 4) is 0 Å². The normalized spacial score (nSPS) is 10.9. The summed E-state index contributed by atoms with van der Waals surface area (Å²) < 4.78 is 19.1. The fourth-order valence-corrected chi connectivity index (χ4v) is 4.16. The molecule has 0 aliphatic carbocycles. The highest BCUT2D eigenvalue weighted by Gasteiger charge is 2.23. The minimum absolute atomic E-state index is 0.0293. The van der Waals surface area contributed by atoms with Crippen LogP contribution < -0.4 is 5.43 Å². The van der Waals surface area contributed by atoms with E-state index in [9.17, 15) is 18.8 Å². The van der Waals surface area contributed by atoms with Gasteiger partial charge in [0.25, 0.3) is 5.91 Å². The van der Waals surface area contributed by atoms with Gasteiger partial charge in [0.1, 0.15) is 17.9 Å². The van der Waals surface area contributed by atoms with Gasteiger partial charge in [0.15, 0.2) is 5.43 Å². The maximum Gasteiger partial charge on any atom is 0.254 e. The van der Waals surface area contributed by atoms with E-state index < -0.39 is 0 Å². The molecule has 0 spiro atoms. The number of para-hydroxylation sites is 1. The molecule has 2 amide bonds. The average Bonchev–Trinajstić information content (AvgIpc) is 2.91. The molecule has 8 heteroatoms. The van der Waals surface area contributed by atoms with Crippen LogP contribution in [0.4, 0.5) is 4.39 Å². The maximum absolute atomic E-state index is 13.6. The van der Waals surface area contributed by atoms with Gasteiger partial charge in [-0.05, 0) is 60.5 Å². The Kier molecular flexibility index (Phi) is 8.36. The molecule has 190 valence electrons. The zero-order chi connectivity index (χ0) is 26.4. The number of rotatable bonds is 9. The molecule has 0 atom stereocenters. The number of amides is 2. The minimum atomic E-state index is -0.389. The van der Waals surface area contributed by atoms with E-state index in [1.54, 1.807) is 60.7 Å². The summed E-state index contributed by atoms with van der Waals surface area (Å²) in [5, 5.41) is 0.925. The monoisotopic (exact) mass is 520 g/mol. The first-order valence-electron chi connectivity index (χ1n) is 11.9. The summed E-state index contributed by atoms with van der Waals surface area (Å²) in [5.41, 5.74) is 1.63. The van der Waals surface area contributed by atoms with Gasteiger partial charge >= 0.3 is 0 Å². The van der Waals surface area contributed by atoms with Gasteiger partial charge in [-0.25, -0.2) is 4.39 Å². The number of hydrogen-bond donors (Lipinski definition) is 0. The Bertz CT molecular complexity index is 1450. The fraction of sp³-hybridized carbons (Fsp3) is 0.207. The van der Waals surface area contributed by atoms with Crippen LogP contribution in [0.1, 0.15) is 34.8 Å². The summed E-state index contributed by atoms with van der Waals surface area (Å²) in [5.74, 6) is -1.04. The molecule has 0 unspecified atom stereocenters. The topological polar surface area (TPSA) is 70.8 Å². The van der Waals surface area contributed by atoms with Crippen molar-refractivity contribution in [2.75, 3.05) is 13.1 Å². The van der Waals surface area contributed by atoms with Gasteiger partial charge in [-0.1, -0.05) is 42.8 Å². The third kappa shape index (κ3) is 6.43. The molecule has 4 aromatic rings. The lowest BCUT2D eigenvalue weighted by Crippen LogP contribution is -2.43. The highest BCUT2D eigenvalue weighted by molar-refractivity contribution is 6.30. The molecule has 0 saturated carbocycles.